The second-order valence-corrected chi connectivity index (χ2v) is 5.46. The SMILES string of the molecule is Clc1ccc(-c2ccc(-c3ccc(Cl)cc3)cc2)cc1. The van der Waals surface area contributed by atoms with Crippen molar-refractivity contribution in [3.05, 3.63) is 82.8 Å². The van der Waals surface area contributed by atoms with Crippen LogP contribution in [0.4, 0.5) is 0 Å². The van der Waals surface area contributed by atoms with Gasteiger partial charge in [0.2, 0.25) is 0 Å². The summed E-state index contributed by atoms with van der Waals surface area (Å²) in [5, 5.41) is 1.51. The van der Waals surface area contributed by atoms with Gasteiger partial charge in [-0.1, -0.05) is 71.7 Å². The van der Waals surface area contributed by atoms with Crippen LogP contribution in [0.5, 0.6) is 0 Å². The Bertz CT molecular complexity index is 631. The molecule has 2 heteroatoms. The van der Waals surface area contributed by atoms with Crippen molar-refractivity contribution >= 4 is 23.2 Å². The lowest BCUT2D eigenvalue weighted by molar-refractivity contribution is 1.59. The lowest BCUT2D eigenvalue weighted by Gasteiger charge is -2.05. The van der Waals surface area contributed by atoms with Crippen LogP contribution in [-0.2, 0) is 0 Å². The van der Waals surface area contributed by atoms with Gasteiger partial charge < -0.3 is 0 Å². The van der Waals surface area contributed by atoms with E-state index >= 15 is 0 Å². The number of hydrogen-bond donors (Lipinski definition) is 0. The van der Waals surface area contributed by atoms with Gasteiger partial charge in [0.1, 0.15) is 0 Å². The minimum atomic E-state index is 0.756. The zero-order valence-electron chi connectivity index (χ0n) is 10.7. The predicted molar refractivity (Wildman–Crippen MR) is 87.3 cm³/mol. The molecule has 0 aliphatic heterocycles. The predicted octanol–water partition coefficient (Wildman–Crippen LogP) is 6.33. The minimum Gasteiger partial charge on any atom is -0.0843 e. The summed E-state index contributed by atoms with van der Waals surface area (Å²) >= 11 is 11.8. The van der Waals surface area contributed by atoms with Crippen molar-refractivity contribution in [3.63, 3.8) is 0 Å². The Morgan fingerprint density at radius 3 is 0.800 bits per heavy atom. The highest BCUT2D eigenvalue weighted by atomic mass is 35.5. The van der Waals surface area contributed by atoms with E-state index < -0.39 is 0 Å². The van der Waals surface area contributed by atoms with Crippen molar-refractivity contribution in [3.8, 4) is 22.3 Å². The summed E-state index contributed by atoms with van der Waals surface area (Å²) in [6.07, 6.45) is 0. The summed E-state index contributed by atoms with van der Waals surface area (Å²) in [7, 11) is 0. The lowest BCUT2D eigenvalue weighted by atomic mass is 10.0. The molecule has 0 heterocycles. The van der Waals surface area contributed by atoms with Crippen LogP contribution in [0.2, 0.25) is 10.0 Å². The van der Waals surface area contributed by atoms with Crippen molar-refractivity contribution in [1.29, 1.82) is 0 Å². The molecule has 20 heavy (non-hydrogen) atoms. The van der Waals surface area contributed by atoms with Crippen LogP contribution < -0.4 is 0 Å². The van der Waals surface area contributed by atoms with E-state index in [1.807, 2.05) is 48.5 Å². The Balaban J connectivity index is 1.91. The molecule has 0 saturated carbocycles. The zero-order chi connectivity index (χ0) is 13.9. The fraction of sp³-hybridized carbons (Fsp3) is 0. The monoisotopic (exact) mass is 298 g/mol. The highest BCUT2D eigenvalue weighted by molar-refractivity contribution is 6.30. The van der Waals surface area contributed by atoms with Gasteiger partial charge in [-0.05, 0) is 46.5 Å². The van der Waals surface area contributed by atoms with Crippen molar-refractivity contribution in [1.82, 2.24) is 0 Å². The molecule has 0 atom stereocenters. The molecule has 0 spiro atoms. The molecule has 0 aliphatic carbocycles. The first kappa shape index (κ1) is 13.2. The van der Waals surface area contributed by atoms with Gasteiger partial charge in [-0.2, -0.15) is 0 Å². The number of halogens is 2. The molecule has 3 rings (SSSR count). The smallest absolute Gasteiger partial charge is 0.0406 e. The molecule has 0 saturated heterocycles. The van der Waals surface area contributed by atoms with Gasteiger partial charge in [-0.3, -0.25) is 0 Å². The van der Waals surface area contributed by atoms with Gasteiger partial charge in [-0.15, -0.1) is 0 Å². The second kappa shape index (κ2) is 5.70. The van der Waals surface area contributed by atoms with E-state index in [0.29, 0.717) is 0 Å². The largest absolute Gasteiger partial charge is 0.0843 e. The fourth-order valence-electron chi connectivity index (χ4n) is 2.14. The maximum atomic E-state index is 5.91. The van der Waals surface area contributed by atoms with E-state index in [4.69, 9.17) is 23.2 Å². The summed E-state index contributed by atoms with van der Waals surface area (Å²) in [4.78, 5) is 0. The van der Waals surface area contributed by atoms with E-state index in [-0.39, 0.29) is 0 Å². The quantitative estimate of drug-likeness (QED) is 0.519. The van der Waals surface area contributed by atoms with E-state index in [2.05, 4.69) is 24.3 Å². The average Bonchev–Trinajstić information content (AvgIpc) is 2.49. The van der Waals surface area contributed by atoms with Gasteiger partial charge >= 0.3 is 0 Å². The highest BCUT2D eigenvalue weighted by Gasteiger charge is 2.00. The van der Waals surface area contributed by atoms with Gasteiger partial charge in [0.05, 0.1) is 0 Å². The summed E-state index contributed by atoms with van der Waals surface area (Å²) < 4.78 is 0. The highest BCUT2D eigenvalue weighted by Crippen LogP contribution is 2.26. The number of rotatable bonds is 2. The molecule has 0 N–H and O–H groups in total. The van der Waals surface area contributed by atoms with Crippen LogP contribution in [0.25, 0.3) is 22.3 Å². The average molecular weight is 299 g/mol. The van der Waals surface area contributed by atoms with E-state index in [9.17, 15) is 0 Å². The first-order valence-corrected chi connectivity index (χ1v) is 7.10. The zero-order valence-corrected chi connectivity index (χ0v) is 12.2. The third-order valence-corrected chi connectivity index (χ3v) is 3.74. The third kappa shape index (κ3) is 2.87. The third-order valence-electron chi connectivity index (χ3n) is 3.24. The van der Waals surface area contributed by atoms with Crippen molar-refractivity contribution in [2.45, 2.75) is 0 Å². The Hall–Kier alpha value is -1.76. The van der Waals surface area contributed by atoms with Crippen LogP contribution in [-0.4, -0.2) is 0 Å². The molecule has 0 radical (unpaired) electrons. The summed E-state index contributed by atoms with van der Waals surface area (Å²) in [5.41, 5.74) is 4.69. The van der Waals surface area contributed by atoms with Crippen LogP contribution >= 0.6 is 23.2 Å². The Kier molecular flexibility index (Phi) is 3.77. The van der Waals surface area contributed by atoms with Gasteiger partial charge in [-0.25, -0.2) is 0 Å². The molecule has 0 amide bonds. The number of benzene rings is 3. The first-order chi connectivity index (χ1) is 9.72. The first-order valence-electron chi connectivity index (χ1n) is 6.34. The Labute approximate surface area is 128 Å². The minimum absolute atomic E-state index is 0.756. The second-order valence-electron chi connectivity index (χ2n) is 4.59. The molecular formula is C18H12Cl2. The van der Waals surface area contributed by atoms with E-state index in [1.54, 1.807) is 0 Å². The van der Waals surface area contributed by atoms with Gasteiger partial charge in [0, 0.05) is 10.0 Å². The molecule has 0 nitrogen and oxygen atoms in total. The molecule has 98 valence electrons. The maximum absolute atomic E-state index is 5.91. The van der Waals surface area contributed by atoms with Crippen molar-refractivity contribution in [2.24, 2.45) is 0 Å². The molecule has 3 aromatic rings. The lowest BCUT2D eigenvalue weighted by Crippen LogP contribution is -1.80. The molecular weight excluding hydrogens is 287 g/mol. The Morgan fingerprint density at radius 2 is 0.550 bits per heavy atom. The standard InChI is InChI=1S/C18H12Cl2/c19-17-9-5-15(6-10-17)13-1-2-14(4-3-13)16-7-11-18(20)12-8-16/h1-12H. The normalized spacial score (nSPS) is 10.5. The number of hydrogen-bond acceptors (Lipinski definition) is 0. The molecule has 0 aromatic heterocycles. The van der Waals surface area contributed by atoms with E-state index in [0.717, 1.165) is 21.2 Å². The maximum Gasteiger partial charge on any atom is 0.0406 e. The Morgan fingerprint density at radius 1 is 0.350 bits per heavy atom. The molecule has 0 bridgehead atoms. The van der Waals surface area contributed by atoms with E-state index in [1.165, 1.54) is 11.1 Å². The van der Waals surface area contributed by atoms with Gasteiger partial charge in [0.15, 0.2) is 0 Å². The van der Waals surface area contributed by atoms with Crippen LogP contribution in [0.3, 0.4) is 0 Å². The topological polar surface area (TPSA) is 0 Å². The van der Waals surface area contributed by atoms with Crippen molar-refractivity contribution < 1.29 is 0 Å². The molecule has 0 unspecified atom stereocenters. The summed E-state index contributed by atoms with van der Waals surface area (Å²) in [5.74, 6) is 0. The fourth-order valence-corrected chi connectivity index (χ4v) is 2.39. The molecule has 0 aliphatic rings. The summed E-state index contributed by atoms with van der Waals surface area (Å²) in [6.45, 7) is 0. The van der Waals surface area contributed by atoms with Crippen LogP contribution in [0, 0.1) is 0 Å². The van der Waals surface area contributed by atoms with Crippen molar-refractivity contribution in [2.75, 3.05) is 0 Å². The van der Waals surface area contributed by atoms with Gasteiger partial charge in [0.25, 0.3) is 0 Å². The molecule has 0 fully saturated rings. The molecule has 3 aromatic carbocycles. The van der Waals surface area contributed by atoms with Crippen LogP contribution in [0.15, 0.2) is 72.8 Å². The summed E-state index contributed by atoms with van der Waals surface area (Å²) in [6, 6.07) is 24.2. The van der Waals surface area contributed by atoms with Crippen LogP contribution in [0.1, 0.15) is 0 Å².